The number of hydrogen-bond donors (Lipinski definition) is 0. The van der Waals surface area contributed by atoms with Gasteiger partial charge in [-0.25, -0.2) is 15.0 Å². The molecule has 0 atom stereocenters. The van der Waals surface area contributed by atoms with Crippen LogP contribution in [0.2, 0.25) is 0 Å². The van der Waals surface area contributed by atoms with Crippen LogP contribution in [-0.2, 0) is 0 Å². The molecule has 0 aliphatic rings. The largest absolute Gasteiger partial charge is 0.456 e. The molecule has 10 aromatic rings. The van der Waals surface area contributed by atoms with E-state index in [9.17, 15) is 2.74 Å². The minimum absolute atomic E-state index is 0.00360. The van der Waals surface area contributed by atoms with E-state index in [1.165, 1.54) is 6.07 Å². The van der Waals surface area contributed by atoms with Gasteiger partial charge in [0.05, 0.1) is 13.7 Å². The molecule has 0 bridgehead atoms. The predicted octanol–water partition coefficient (Wildman–Crippen LogP) is 12.4. The minimum atomic E-state index is -0.590. The Kier molecular flexibility index (Phi) is 4.80. The zero-order valence-electron chi connectivity index (χ0n) is 36.7. The molecule has 0 amide bonds. The van der Waals surface area contributed by atoms with Gasteiger partial charge < -0.3 is 4.42 Å². The molecule has 2 heterocycles. The van der Waals surface area contributed by atoms with E-state index < -0.39 is 30.2 Å². The lowest BCUT2D eigenvalue weighted by molar-refractivity contribution is 0.669. The van der Waals surface area contributed by atoms with E-state index in [0.29, 0.717) is 11.1 Å². The summed E-state index contributed by atoms with van der Waals surface area (Å²) in [4.78, 5) is 14.2. The molecule has 0 fully saturated rings. The number of aromatic nitrogens is 3. The molecule has 0 saturated carbocycles. The number of rotatable bonds is 5. The zero-order chi connectivity index (χ0) is 42.4. The monoisotopic (exact) mass is 661 g/mol. The number of hydrogen-bond acceptors (Lipinski definition) is 4. The molecule has 0 aliphatic heterocycles. The van der Waals surface area contributed by atoms with Gasteiger partial charge in [-0.05, 0) is 61.9 Å². The van der Waals surface area contributed by atoms with Gasteiger partial charge in [-0.15, -0.1) is 0 Å². The van der Waals surface area contributed by atoms with E-state index in [1.54, 1.807) is 18.2 Å². The van der Waals surface area contributed by atoms with E-state index >= 15 is 0 Å². The van der Waals surface area contributed by atoms with Crippen LogP contribution in [0.4, 0.5) is 0 Å². The lowest BCUT2D eigenvalue weighted by Crippen LogP contribution is -2.00. The third kappa shape index (κ3) is 5.04. The summed E-state index contributed by atoms with van der Waals surface area (Å²) in [5.41, 5.74) is 2.64. The van der Waals surface area contributed by atoms with Crippen LogP contribution < -0.4 is 0 Å². The highest BCUT2D eigenvalue weighted by molar-refractivity contribution is 6.13. The molecule has 8 aromatic carbocycles. The fourth-order valence-electron chi connectivity index (χ4n) is 6.62. The van der Waals surface area contributed by atoms with Crippen molar-refractivity contribution in [2.75, 3.05) is 0 Å². The maximum absolute atomic E-state index is 9.66. The molecular weight excluding hydrogens is 623 g/mol. The highest BCUT2D eigenvalue weighted by Crippen LogP contribution is 2.39. The Morgan fingerprint density at radius 3 is 1.73 bits per heavy atom. The molecule has 0 N–H and O–H groups in total. The van der Waals surface area contributed by atoms with Crippen molar-refractivity contribution in [1.29, 1.82) is 0 Å². The quantitative estimate of drug-likeness (QED) is 0.184. The summed E-state index contributed by atoms with van der Waals surface area (Å²) in [6.45, 7) is 0. The molecule has 0 unspecified atom stereocenters. The molecule has 0 spiro atoms. The zero-order valence-corrected chi connectivity index (χ0v) is 26.7. The SMILES string of the molecule is [2H]c1cc([2H])c2oc3c([2H])c([2H])c(-c4cccc5ccccc45)c([2H])c3c2c1-c1nc(-c2ccc(-c3cccc4ccccc34)cc2)nc(-c2c([2H])c([2H])c([2H])c([2H])c2[2H])n1. The van der Waals surface area contributed by atoms with Crippen LogP contribution in [0.15, 0.2) is 180 Å². The van der Waals surface area contributed by atoms with Gasteiger partial charge in [0.15, 0.2) is 17.5 Å². The van der Waals surface area contributed by atoms with Gasteiger partial charge in [-0.2, -0.15) is 0 Å². The number of fused-ring (bicyclic) bond motifs is 5. The third-order valence-electron chi connectivity index (χ3n) is 9.01. The Hall–Kier alpha value is -6.91. The van der Waals surface area contributed by atoms with Crippen LogP contribution in [0.25, 0.3) is 99.9 Å². The van der Waals surface area contributed by atoms with Crippen LogP contribution in [0.1, 0.15) is 13.7 Å². The van der Waals surface area contributed by atoms with E-state index in [-0.39, 0.29) is 86.3 Å². The van der Waals surface area contributed by atoms with Gasteiger partial charge in [-0.3, -0.25) is 0 Å². The Balaban J connectivity index is 1.26. The Morgan fingerprint density at radius 1 is 0.392 bits per heavy atom. The summed E-state index contributed by atoms with van der Waals surface area (Å²) in [5, 5.41) is 3.93. The van der Waals surface area contributed by atoms with Crippen molar-refractivity contribution >= 4 is 43.5 Å². The first-order valence-corrected chi connectivity index (χ1v) is 16.3. The molecule has 0 aliphatic carbocycles. The summed E-state index contributed by atoms with van der Waals surface area (Å²) in [7, 11) is 0. The predicted molar refractivity (Wildman–Crippen MR) is 209 cm³/mol. The third-order valence-corrected chi connectivity index (χ3v) is 9.01. The fourth-order valence-corrected chi connectivity index (χ4v) is 6.62. The molecular formula is C47H29N3O. The first-order chi connectivity index (χ1) is 29.4. The molecule has 4 nitrogen and oxygen atoms in total. The van der Waals surface area contributed by atoms with Gasteiger partial charge in [-0.1, -0.05) is 158 Å². The van der Waals surface area contributed by atoms with Gasteiger partial charge in [0.1, 0.15) is 11.2 Å². The summed E-state index contributed by atoms with van der Waals surface area (Å²) in [6, 6.07) is 31.8. The average Bonchev–Trinajstić information content (AvgIpc) is 3.68. The van der Waals surface area contributed by atoms with Gasteiger partial charge in [0.25, 0.3) is 0 Å². The van der Waals surface area contributed by atoms with E-state index in [4.69, 9.17) is 25.4 Å². The second kappa shape index (κ2) is 11.9. The molecule has 238 valence electrons. The van der Waals surface area contributed by atoms with Crippen molar-refractivity contribution < 1.29 is 18.1 Å². The van der Waals surface area contributed by atoms with Crippen LogP contribution in [0.3, 0.4) is 0 Å². The molecule has 10 rings (SSSR count). The van der Waals surface area contributed by atoms with Crippen LogP contribution in [-0.4, -0.2) is 15.0 Å². The highest BCUT2D eigenvalue weighted by atomic mass is 16.3. The second-order valence-electron chi connectivity index (χ2n) is 12.0. The van der Waals surface area contributed by atoms with E-state index in [2.05, 4.69) is 4.98 Å². The maximum Gasteiger partial charge on any atom is 0.164 e. The first-order valence-electron chi connectivity index (χ1n) is 21.3. The average molecular weight is 662 g/mol. The normalized spacial score (nSPS) is 14.3. The van der Waals surface area contributed by atoms with Crippen molar-refractivity contribution in [3.8, 4) is 56.4 Å². The summed E-state index contributed by atoms with van der Waals surface area (Å²) >= 11 is 0. The fraction of sp³-hybridized carbons (Fsp3) is 0. The number of furan rings is 1. The van der Waals surface area contributed by atoms with Crippen LogP contribution >= 0.6 is 0 Å². The molecule has 4 heteroatoms. The second-order valence-corrected chi connectivity index (χ2v) is 12.0. The smallest absolute Gasteiger partial charge is 0.164 e. The molecule has 0 saturated heterocycles. The first kappa shape index (κ1) is 20.6. The standard InChI is InChI=1S/C47H29N3O/c1-2-13-33(14-3-1)45-48-46(34-25-23-32(24-26-34)38-19-8-15-30-11-4-6-17-36(30)38)50-47(49-45)40-21-10-22-43-44(40)41-29-35(27-28-42(41)51-43)39-20-9-16-31-12-5-7-18-37(31)39/h1-29H/i1D,2D,3D,13D,14D,21D,22D,27D,28D,29D. The number of nitrogens with zero attached hydrogens (tertiary/aromatic N) is 3. The van der Waals surface area contributed by atoms with Crippen molar-refractivity contribution in [3.05, 3.63) is 176 Å². The Bertz CT molecular complexity index is 3460. The van der Waals surface area contributed by atoms with Crippen molar-refractivity contribution in [2.45, 2.75) is 0 Å². The van der Waals surface area contributed by atoms with Crippen molar-refractivity contribution in [1.82, 2.24) is 15.0 Å². The lowest BCUT2D eigenvalue weighted by atomic mass is 9.96. The van der Waals surface area contributed by atoms with Crippen molar-refractivity contribution in [3.63, 3.8) is 0 Å². The van der Waals surface area contributed by atoms with Gasteiger partial charge in [0.2, 0.25) is 0 Å². The number of benzene rings is 8. The lowest BCUT2D eigenvalue weighted by Gasteiger charge is -2.11. The summed E-state index contributed by atoms with van der Waals surface area (Å²) < 4.78 is 94.9. The van der Waals surface area contributed by atoms with E-state index in [0.717, 1.165) is 32.7 Å². The van der Waals surface area contributed by atoms with Crippen molar-refractivity contribution in [2.24, 2.45) is 0 Å². The Morgan fingerprint density at radius 2 is 1.00 bits per heavy atom. The molecule has 51 heavy (non-hydrogen) atoms. The topological polar surface area (TPSA) is 51.8 Å². The van der Waals surface area contributed by atoms with Gasteiger partial charge in [0, 0.05) is 27.5 Å². The van der Waals surface area contributed by atoms with E-state index in [1.807, 2.05) is 91.0 Å². The Labute approximate surface area is 308 Å². The highest BCUT2D eigenvalue weighted by Gasteiger charge is 2.19. The van der Waals surface area contributed by atoms with Crippen LogP contribution in [0.5, 0.6) is 0 Å². The minimum Gasteiger partial charge on any atom is -0.456 e. The molecule has 0 radical (unpaired) electrons. The van der Waals surface area contributed by atoms with Gasteiger partial charge >= 0.3 is 0 Å². The summed E-state index contributed by atoms with van der Waals surface area (Å²) in [5.74, 6) is -0.360. The maximum atomic E-state index is 9.66. The summed E-state index contributed by atoms with van der Waals surface area (Å²) in [6.07, 6.45) is 0. The van der Waals surface area contributed by atoms with Crippen LogP contribution in [0, 0.1) is 0 Å². The molecule has 2 aromatic heterocycles.